The molecule has 2 N–H and O–H groups in total. The highest BCUT2D eigenvalue weighted by Crippen LogP contribution is 2.26. The molecule has 0 spiro atoms. The first-order valence-corrected chi connectivity index (χ1v) is 6.81. The fourth-order valence-electron chi connectivity index (χ4n) is 1.48. The molecule has 0 aliphatic rings. The quantitative estimate of drug-likeness (QED) is 0.805. The van der Waals surface area contributed by atoms with Gasteiger partial charge in [0.1, 0.15) is 11.6 Å². The summed E-state index contributed by atoms with van der Waals surface area (Å²) >= 11 is 6.39. The first-order valence-electron chi connectivity index (χ1n) is 5.22. The van der Waals surface area contributed by atoms with Crippen molar-refractivity contribution < 1.29 is 14.3 Å². The van der Waals surface area contributed by atoms with Gasteiger partial charge in [0.25, 0.3) is 5.91 Å². The normalized spacial score (nSPS) is 10.3. The van der Waals surface area contributed by atoms with Gasteiger partial charge in [-0.1, -0.05) is 15.9 Å². The molecule has 6 heteroatoms. The van der Waals surface area contributed by atoms with Crippen molar-refractivity contribution in [2.45, 2.75) is 0 Å². The van der Waals surface area contributed by atoms with Gasteiger partial charge in [-0.25, -0.2) is 4.39 Å². The average Bonchev–Trinajstić information content (AvgIpc) is 2.33. The van der Waals surface area contributed by atoms with E-state index in [0.29, 0.717) is 14.6 Å². The largest absolute Gasteiger partial charge is 0.507 e. The number of carbonyl (C=O) groups is 1. The third-order valence-corrected chi connectivity index (χ3v) is 3.57. The van der Waals surface area contributed by atoms with Gasteiger partial charge >= 0.3 is 0 Å². The average molecular weight is 389 g/mol. The number of hydrogen-bond acceptors (Lipinski definition) is 2. The monoisotopic (exact) mass is 387 g/mol. The van der Waals surface area contributed by atoms with Crippen molar-refractivity contribution in [3.8, 4) is 5.75 Å². The summed E-state index contributed by atoms with van der Waals surface area (Å²) in [7, 11) is 0. The zero-order chi connectivity index (χ0) is 14.0. The van der Waals surface area contributed by atoms with Crippen LogP contribution in [0.2, 0.25) is 0 Å². The minimum absolute atomic E-state index is 0.111. The zero-order valence-corrected chi connectivity index (χ0v) is 12.6. The van der Waals surface area contributed by atoms with Crippen LogP contribution >= 0.6 is 31.9 Å². The minimum Gasteiger partial charge on any atom is -0.507 e. The second-order valence-corrected chi connectivity index (χ2v) is 5.51. The highest BCUT2D eigenvalue weighted by molar-refractivity contribution is 9.10. The molecule has 0 saturated carbocycles. The lowest BCUT2D eigenvalue weighted by Gasteiger charge is -2.09. The first-order chi connectivity index (χ1) is 8.97. The number of amides is 1. The Morgan fingerprint density at radius 1 is 1.16 bits per heavy atom. The van der Waals surface area contributed by atoms with E-state index in [0.717, 1.165) is 0 Å². The number of benzene rings is 2. The van der Waals surface area contributed by atoms with Gasteiger partial charge < -0.3 is 10.4 Å². The molecule has 19 heavy (non-hydrogen) atoms. The Balaban J connectivity index is 2.28. The summed E-state index contributed by atoms with van der Waals surface area (Å²) in [4.78, 5) is 12.0. The summed E-state index contributed by atoms with van der Waals surface area (Å²) in [6.45, 7) is 0. The Kier molecular flexibility index (Phi) is 4.21. The summed E-state index contributed by atoms with van der Waals surface area (Å²) in [6.07, 6.45) is 0. The Labute approximate surface area is 125 Å². The van der Waals surface area contributed by atoms with Crippen LogP contribution < -0.4 is 5.32 Å². The van der Waals surface area contributed by atoms with Crippen molar-refractivity contribution >= 4 is 43.5 Å². The molecule has 0 heterocycles. The van der Waals surface area contributed by atoms with Crippen LogP contribution in [0.25, 0.3) is 0 Å². The Bertz CT molecular complexity index is 647. The lowest BCUT2D eigenvalue weighted by Crippen LogP contribution is -2.12. The van der Waals surface area contributed by atoms with E-state index >= 15 is 0 Å². The number of phenols is 1. The molecule has 2 rings (SSSR count). The van der Waals surface area contributed by atoms with Crippen LogP contribution in [-0.2, 0) is 0 Å². The lowest BCUT2D eigenvalue weighted by atomic mass is 10.2. The fraction of sp³-hybridized carbons (Fsp3) is 0. The zero-order valence-electron chi connectivity index (χ0n) is 9.45. The number of hydrogen-bond donors (Lipinski definition) is 2. The van der Waals surface area contributed by atoms with Gasteiger partial charge in [0.2, 0.25) is 0 Å². The van der Waals surface area contributed by atoms with Crippen LogP contribution in [0.1, 0.15) is 10.4 Å². The summed E-state index contributed by atoms with van der Waals surface area (Å²) in [6, 6.07) is 8.48. The van der Waals surface area contributed by atoms with Crippen LogP contribution in [-0.4, -0.2) is 11.0 Å². The molecule has 0 aliphatic heterocycles. The second kappa shape index (κ2) is 5.71. The van der Waals surface area contributed by atoms with Crippen molar-refractivity contribution in [1.29, 1.82) is 0 Å². The van der Waals surface area contributed by atoms with Crippen LogP contribution in [0.5, 0.6) is 5.75 Å². The summed E-state index contributed by atoms with van der Waals surface area (Å²) < 4.78 is 14.3. The van der Waals surface area contributed by atoms with E-state index in [9.17, 15) is 14.3 Å². The molecule has 3 nitrogen and oxygen atoms in total. The molecule has 0 saturated heterocycles. The first kappa shape index (κ1) is 14.0. The summed E-state index contributed by atoms with van der Waals surface area (Å²) in [5, 5.41) is 12.2. The van der Waals surface area contributed by atoms with Crippen molar-refractivity contribution in [1.82, 2.24) is 0 Å². The van der Waals surface area contributed by atoms with E-state index in [4.69, 9.17) is 0 Å². The smallest absolute Gasteiger partial charge is 0.259 e. The number of anilines is 1. The molecule has 0 aromatic heterocycles. The number of nitrogens with one attached hydrogen (secondary N) is 1. The van der Waals surface area contributed by atoms with Crippen LogP contribution in [0.15, 0.2) is 45.3 Å². The van der Waals surface area contributed by atoms with E-state index < -0.39 is 11.7 Å². The van der Waals surface area contributed by atoms with E-state index in [1.165, 1.54) is 30.3 Å². The molecule has 0 atom stereocenters. The van der Waals surface area contributed by atoms with Crippen molar-refractivity contribution in [3.05, 3.63) is 56.7 Å². The Hall–Kier alpha value is -1.40. The molecular formula is C13H8Br2FNO2. The second-order valence-electron chi connectivity index (χ2n) is 3.74. The predicted molar refractivity (Wildman–Crippen MR) is 77.9 cm³/mol. The molecule has 1 amide bonds. The minimum atomic E-state index is -0.517. The van der Waals surface area contributed by atoms with Crippen molar-refractivity contribution in [2.75, 3.05) is 5.32 Å². The van der Waals surface area contributed by atoms with Gasteiger partial charge in [-0.15, -0.1) is 0 Å². The number of carbonyl (C=O) groups excluding carboxylic acids is 1. The standard InChI is InChI=1S/C13H8Br2FNO2/c14-7-1-3-9(12(18)5-7)13(19)17-11-6-8(16)2-4-10(11)15/h1-6,18H,(H,17,19). The topological polar surface area (TPSA) is 49.3 Å². The Morgan fingerprint density at radius 2 is 1.89 bits per heavy atom. The maximum absolute atomic E-state index is 13.1. The lowest BCUT2D eigenvalue weighted by molar-refractivity contribution is 0.102. The predicted octanol–water partition coefficient (Wildman–Crippen LogP) is 4.31. The third-order valence-electron chi connectivity index (χ3n) is 2.38. The van der Waals surface area contributed by atoms with E-state index in [-0.39, 0.29) is 11.3 Å². The molecule has 98 valence electrons. The maximum atomic E-state index is 13.1. The molecule has 0 fully saturated rings. The number of rotatable bonds is 2. The van der Waals surface area contributed by atoms with Gasteiger partial charge in [-0.05, 0) is 52.3 Å². The number of aromatic hydroxyl groups is 1. The number of phenolic OH excluding ortho intramolecular Hbond substituents is 1. The molecule has 0 unspecified atom stereocenters. The van der Waals surface area contributed by atoms with Gasteiger partial charge in [-0.2, -0.15) is 0 Å². The van der Waals surface area contributed by atoms with Gasteiger partial charge in [0, 0.05) is 8.95 Å². The highest BCUT2D eigenvalue weighted by atomic mass is 79.9. The summed E-state index contributed by atoms with van der Waals surface area (Å²) in [5.74, 6) is -1.13. The van der Waals surface area contributed by atoms with Gasteiger partial charge in [0.05, 0.1) is 11.3 Å². The van der Waals surface area contributed by atoms with Crippen molar-refractivity contribution in [2.24, 2.45) is 0 Å². The van der Waals surface area contributed by atoms with E-state index in [1.54, 1.807) is 6.07 Å². The Morgan fingerprint density at radius 3 is 2.58 bits per heavy atom. The molecule has 0 aliphatic carbocycles. The van der Waals surface area contributed by atoms with Crippen LogP contribution in [0.3, 0.4) is 0 Å². The van der Waals surface area contributed by atoms with E-state index in [2.05, 4.69) is 37.2 Å². The SMILES string of the molecule is O=C(Nc1cc(F)ccc1Br)c1ccc(Br)cc1O. The molecule has 2 aromatic carbocycles. The maximum Gasteiger partial charge on any atom is 0.259 e. The van der Waals surface area contributed by atoms with Gasteiger partial charge in [0.15, 0.2) is 0 Å². The van der Waals surface area contributed by atoms with Crippen LogP contribution in [0, 0.1) is 5.82 Å². The van der Waals surface area contributed by atoms with Crippen LogP contribution in [0.4, 0.5) is 10.1 Å². The molecule has 0 bridgehead atoms. The van der Waals surface area contributed by atoms with Crippen molar-refractivity contribution in [3.63, 3.8) is 0 Å². The van der Waals surface area contributed by atoms with E-state index in [1.807, 2.05) is 0 Å². The third kappa shape index (κ3) is 3.33. The fourth-order valence-corrected chi connectivity index (χ4v) is 2.17. The molecular weight excluding hydrogens is 381 g/mol. The number of halogens is 3. The summed E-state index contributed by atoms with van der Waals surface area (Å²) in [5.41, 5.74) is 0.409. The molecule has 2 aromatic rings. The van der Waals surface area contributed by atoms with Gasteiger partial charge in [-0.3, -0.25) is 4.79 Å². The molecule has 0 radical (unpaired) electrons. The highest BCUT2D eigenvalue weighted by Gasteiger charge is 2.13.